The lowest BCUT2D eigenvalue weighted by Crippen LogP contribution is -2.56. The van der Waals surface area contributed by atoms with Gasteiger partial charge in [0, 0.05) is 61.0 Å². The topological polar surface area (TPSA) is 134 Å². The maximum absolute atomic E-state index is 13.0. The molecule has 12 heteroatoms. The van der Waals surface area contributed by atoms with Crippen molar-refractivity contribution >= 4 is 35.3 Å². The Balaban J connectivity index is 0.879. The predicted octanol–water partition coefficient (Wildman–Crippen LogP) is 3.77. The molecule has 0 spiro atoms. The summed E-state index contributed by atoms with van der Waals surface area (Å²) >= 11 is 0. The smallest absolute Gasteiger partial charge is 0.342 e. The van der Waals surface area contributed by atoms with E-state index in [-0.39, 0.29) is 30.7 Å². The number of hydrogen-bond acceptors (Lipinski definition) is 7. The first-order valence-corrected chi connectivity index (χ1v) is 16.2. The number of fused-ring (bicyclic) bond motifs is 1. The molecule has 3 N–H and O–H groups in total. The zero-order chi connectivity index (χ0) is 31.8. The highest BCUT2D eigenvalue weighted by Gasteiger charge is 2.37. The van der Waals surface area contributed by atoms with Gasteiger partial charge >= 0.3 is 6.03 Å². The van der Waals surface area contributed by atoms with Gasteiger partial charge in [0.25, 0.3) is 5.91 Å². The number of nitrogens with zero attached hydrogens (tertiary/aromatic N) is 5. The second-order valence-electron chi connectivity index (χ2n) is 12.9. The zero-order valence-corrected chi connectivity index (χ0v) is 26.1. The molecule has 3 aliphatic heterocycles. The van der Waals surface area contributed by atoms with Gasteiger partial charge in [0.15, 0.2) is 5.82 Å². The number of nitrogens with one attached hydrogen (secondary N) is 3. The maximum Gasteiger partial charge on any atom is 0.342 e. The summed E-state index contributed by atoms with van der Waals surface area (Å²) in [5.41, 5.74) is 5.88. The Labute approximate surface area is 268 Å². The fraction of sp³-hybridized carbons (Fsp3) is 0.441. The number of carbonyl (C=O) groups excluding carboxylic acids is 4. The van der Waals surface area contributed by atoms with E-state index in [2.05, 4.69) is 55.9 Å². The van der Waals surface area contributed by atoms with Gasteiger partial charge in [-0.2, -0.15) is 5.10 Å². The fourth-order valence-electron chi connectivity index (χ4n) is 6.95. The minimum absolute atomic E-state index is 0.0670. The molecular weight excluding hydrogens is 584 g/mol. The Morgan fingerprint density at radius 1 is 0.957 bits per heavy atom. The number of anilines is 2. The highest BCUT2D eigenvalue weighted by atomic mass is 16.2. The molecule has 3 fully saturated rings. The molecule has 46 heavy (non-hydrogen) atoms. The number of rotatable bonds is 9. The lowest BCUT2D eigenvalue weighted by atomic mass is 9.83. The number of urea groups is 1. The third-order valence-corrected chi connectivity index (χ3v) is 9.87. The van der Waals surface area contributed by atoms with Crippen molar-refractivity contribution in [3.8, 4) is 0 Å². The molecule has 240 valence electrons. The molecule has 2 saturated heterocycles. The van der Waals surface area contributed by atoms with Crippen LogP contribution in [0, 0.1) is 0 Å². The first-order chi connectivity index (χ1) is 22.3. The van der Waals surface area contributed by atoms with E-state index in [0.29, 0.717) is 36.3 Å². The van der Waals surface area contributed by atoms with E-state index in [4.69, 9.17) is 0 Å². The van der Waals surface area contributed by atoms with E-state index in [0.717, 1.165) is 54.9 Å². The number of benzene rings is 2. The van der Waals surface area contributed by atoms with Crippen molar-refractivity contribution in [2.24, 2.45) is 0 Å². The van der Waals surface area contributed by atoms with Crippen LogP contribution in [0.1, 0.15) is 77.2 Å². The van der Waals surface area contributed by atoms with E-state index in [9.17, 15) is 19.2 Å². The summed E-state index contributed by atoms with van der Waals surface area (Å²) in [5.74, 6) is 0.545. The van der Waals surface area contributed by atoms with E-state index in [1.54, 1.807) is 0 Å². The molecule has 2 aromatic carbocycles. The molecular formula is C34H40N8O4. The van der Waals surface area contributed by atoms with Crippen LogP contribution in [0.25, 0.3) is 0 Å². The molecule has 4 aliphatic rings. The monoisotopic (exact) mass is 624 g/mol. The molecule has 7 rings (SSSR count). The molecule has 5 amide bonds. The van der Waals surface area contributed by atoms with Crippen molar-refractivity contribution in [1.29, 1.82) is 0 Å². The van der Waals surface area contributed by atoms with Gasteiger partial charge in [-0.15, -0.1) is 0 Å². The van der Waals surface area contributed by atoms with Gasteiger partial charge < -0.3 is 10.2 Å². The summed E-state index contributed by atoms with van der Waals surface area (Å²) in [4.78, 5) is 54.2. The number of amides is 5. The van der Waals surface area contributed by atoms with Gasteiger partial charge in [-0.1, -0.05) is 30.7 Å². The minimum atomic E-state index is -0.551. The Kier molecular flexibility index (Phi) is 8.20. The van der Waals surface area contributed by atoms with Crippen molar-refractivity contribution in [3.63, 3.8) is 0 Å². The van der Waals surface area contributed by atoms with Gasteiger partial charge in [0.1, 0.15) is 0 Å². The van der Waals surface area contributed by atoms with Crippen LogP contribution in [-0.2, 0) is 29.1 Å². The first kappa shape index (κ1) is 30.0. The molecule has 0 bridgehead atoms. The summed E-state index contributed by atoms with van der Waals surface area (Å²) in [6.07, 6.45) is 6.18. The summed E-state index contributed by atoms with van der Waals surface area (Å²) in [7, 11) is 2.15. The summed E-state index contributed by atoms with van der Waals surface area (Å²) in [6.45, 7) is 3.19. The second kappa shape index (κ2) is 12.6. The largest absolute Gasteiger partial charge is 0.371 e. The van der Waals surface area contributed by atoms with Crippen LogP contribution in [0.2, 0.25) is 0 Å². The number of piperidine rings is 1. The van der Waals surface area contributed by atoms with E-state index < -0.39 is 6.03 Å². The SMILES string of the molecule is CN(Cc1ccc2c(c1)CN(N1CCC(=O)NC1=O)C2=O)C1CCN(c2ccc(CC(=O)Nc3cc(C4CCC4)[nH]n3)cc2)CC1. The van der Waals surface area contributed by atoms with Crippen molar-refractivity contribution in [1.82, 2.24) is 30.4 Å². The van der Waals surface area contributed by atoms with Crippen LogP contribution < -0.4 is 15.5 Å². The number of H-pyrrole nitrogens is 1. The van der Waals surface area contributed by atoms with Crippen LogP contribution in [0.15, 0.2) is 48.5 Å². The number of hydrazine groups is 1. The van der Waals surface area contributed by atoms with Crippen LogP contribution in [0.4, 0.5) is 16.3 Å². The highest BCUT2D eigenvalue weighted by molar-refractivity contribution is 6.02. The summed E-state index contributed by atoms with van der Waals surface area (Å²) < 4.78 is 0. The van der Waals surface area contributed by atoms with E-state index in [1.807, 2.05) is 30.3 Å². The molecule has 0 unspecified atom stereocenters. The predicted molar refractivity (Wildman–Crippen MR) is 172 cm³/mol. The minimum Gasteiger partial charge on any atom is -0.371 e. The number of carbonyl (C=O) groups is 4. The molecule has 3 aromatic rings. The van der Waals surface area contributed by atoms with Crippen molar-refractivity contribution in [2.75, 3.05) is 36.9 Å². The van der Waals surface area contributed by atoms with Gasteiger partial charge in [0.2, 0.25) is 11.8 Å². The first-order valence-electron chi connectivity index (χ1n) is 16.2. The molecule has 12 nitrogen and oxygen atoms in total. The van der Waals surface area contributed by atoms with Gasteiger partial charge in [-0.3, -0.25) is 29.7 Å². The Morgan fingerprint density at radius 2 is 1.72 bits per heavy atom. The summed E-state index contributed by atoms with van der Waals surface area (Å²) in [5, 5.41) is 15.3. The maximum atomic E-state index is 13.0. The number of imide groups is 1. The van der Waals surface area contributed by atoms with Crippen LogP contribution in [0.3, 0.4) is 0 Å². The molecule has 0 atom stereocenters. The van der Waals surface area contributed by atoms with Crippen molar-refractivity contribution < 1.29 is 19.2 Å². The van der Waals surface area contributed by atoms with Crippen molar-refractivity contribution in [2.45, 2.75) is 70.0 Å². The molecule has 0 radical (unpaired) electrons. The van der Waals surface area contributed by atoms with Crippen molar-refractivity contribution in [3.05, 3.63) is 76.5 Å². The highest BCUT2D eigenvalue weighted by Crippen LogP contribution is 2.36. The van der Waals surface area contributed by atoms with E-state index >= 15 is 0 Å². The lowest BCUT2D eigenvalue weighted by molar-refractivity contribution is -0.123. The van der Waals surface area contributed by atoms with Crippen LogP contribution in [0.5, 0.6) is 0 Å². The summed E-state index contributed by atoms with van der Waals surface area (Å²) in [6, 6.07) is 16.0. The second-order valence-corrected chi connectivity index (χ2v) is 12.9. The Bertz CT molecular complexity index is 1640. The normalized spacial score (nSPS) is 19.0. The molecule has 1 saturated carbocycles. The van der Waals surface area contributed by atoms with Gasteiger partial charge in [0.05, 0.1) is 19.5 Å². The average Bonchev–Trinajstić information content (AvgIpc) is 3.60. The zero-order valence-electron chi connectivity index (χ0n) is 26.1. The number of hydrogen-bond donors (Lipinski definition) is 3. The van der Waals surface area contributed by atoms with Gasteiger partial charge in [-0.05, 0) is 67.6 Å². The molecule has 1 aliphatic carbocycles. The average molecular weight is 625 g/mol. The Morgan fingerprint density at radius 3 is 2.43 bits per heavy atom. The molecule has 1 aromatic heterocycles. The van der Waals surface area contributed by atoms with E-state index in [1.165, 1.54) is 35.0 Å². The van der Waals surface area contributed by atoms with Crippen LogP contribution in [-0.4, -0.2) is 81.6 Å². The quantitative estimate of drug-likeness (QED) is 0.330. The fourth-order valence-corrected chi connectivity index (χ4v) is 6.95. The number of aromatic nitrogens is 2. The third-order valence-electron chi connectivity index (χ3n) is 9.87. The Hall–Kier alpha value is -4.71. The molecule has 4 heterocycles. The van der Waals surface area contributed by atoms with Gasteiger partial charge in [-0.25, -0.2) is 14.8 Å². The number of aromatic amines is 1. The van der Waals surface area contributed by atoms with Crippen LogP contribution >= 0.6 is 0 Å². The third kappa shape index (κ3) is 6.21. The lowest BCUT2D eigenvalue weighted by Gasteiger charge is -2.38. The standard InChI is InChI=1S/C34H40N8O4/c1-39(20-23-7-10-28-25(17-23)21-42(33(28)45)41-16-13-31(43)36-34(41)46)26-11-14-40(15-12-26)27-8-5-22(6-9-27)18-32(44)35-30-19-29(37-38-30)24-3-2-4-24/h5-10,17,19,24,26H,2-4,11-16,18,20-21H2,1H3,(H,36,43,46)(H2,35,37,38,44).